The van der Waals surface area contributed by atoms with Crippen molar-refractivity contribution >= 4 is 29.9 Å². The lowest BCUT2D eigenvalue weighted by Crippen LogP contribution is -2.40. The highest BCUT2D eigenvalue weighted by Gasteiger charge is 2.20. The molecule has 0 spiro atoms. The molecule has 16 heavy (non-hydrogen) atoms. The normalized spacial score (nSPS) is 21.8. The van der Waals surface area contributed by atoms with E-state index in [4.69, 9.17) is 5.73 Å². The zero-order valence-corrected chi connectivity index (χ0v) is 12.4. The Balaban J connectivity index is 0.00000128. The van der Waals surface area contributed by atoms with E-state index in [1.165, 1.54) is 44.9 Å². The molecule has 0 aromatic carbocycles. The van der Waals surface area contributed by atoms with Crippen LogP contribution in [0.1, 0.15) is 44.9 Å². The van der Waals surface area contributed by atoms with Gasteiger partial charge in [0.05, 0.1) is 0 Å². The zero-order valence-electron chi connectivity index (χ0n) is 10.0. The Hall–Kier alpha value is 0. The number of rotatable bonds is 4. The first-order chi connectivity index (χ1) is 7.36. The highest BCUT2D eigenvalue weighted by molar-refractivity contribution is 14.0. The van der Waals surface area contributed by atoms with Crippen LogP contribution in [0.25, 0.3) is 0 Å². The largest absolute Gasteiger partial charge is 0.370 e. The van der Waals surface area contributed by atoms with E-state index in [0.717, 1.165) is 31.5 Å². The Bertz CT molecular complexity index is 220. The molecule has 3 nitrogen and oxygen atoms in total. The van der Waals surface area contributed by atoms with Crippen molar-refractivity contribution in [2.45, 2.75) is 44.9 Å². The predicted octanol–water partition coefficient (Wildman–Crippen LogP) is 2.60. The van der Waals surface area contributed by atoms with Crippen LogP contribution in [0.3, 0.4) is 0 Å². The van der Waals surface area contributed by atoms with Gasteiger partial charge in [0, 0.05) is 19.6 Å². The number of hydrogen-bond donors (Lipinski definition) is 1. The minimum Gasteiger partial charge on any atom is -0.370 e. The van der Waals surface area contributed by atoms with Gasteiger partial charge in [-0.2, -0.15) is 0 Å². The highest BCUT2D eigenvalue weighted by Crippen LogP contribution is 2.33. The summed E-state index contributed by atoms with van der Waals surface area (Å²) in [5.74, 6) is 1.81. The quantitative estimate of drug-likeness (QED) is 0.371. The molecule has 1 aliphatic heterocycles. The average molecular weight is 337 g/mol. The number of hydrogen-bond acceptors (Lipinski definition) is 1. The van der Waals surface area contributed by atoms with E-state index in [2.05, 4.69) is 9.89 Å². The number of nitrogens with two attached hydrogens (primary N) is 1. The fourth-order valence-electron chi connectivity index (χ4n) is 2.20. The number of halogens is 1. The first-order valence-corrected chi connectivity index (χ1v) is 6.41. The number of nitrogens with zero attached hydrogens (tertiary/aromatic N) is 2. The number of guanidine groups is 1. The Kier molecular flexibility index (Phi) is 6.46. The standard InChI is InChI=1S/C12H23N3.HI/c13-12(15-9-2-1-3-10-15)14-8-4-5-11-6-7-11;/h11H,1-10H2,(H2,13,14);1H. The van der Waals surface area contributed by atoms with Gasteiger partial charge >= 0.3 is 0 Å². The maximum Gasteiger partial charge on any atom is 0.191 e. The molecule has 2 N–H and O–H groups in total. The summed E-state index contributed by atoms with van der Waals surface area (Å²) in [6.07, 6.45) is 9.38. The van der Waals surface area contributed by atoms with Crippen LogP contribution in [0, 0.1) is 5.92 Å². The molecule has 0 aromatic rings. The van der Waals surface area contributed by atoms with Crippen LogP contribution < -0.4 is 5.73 Å². The molecule has 0 aromatic heterocycles. The smallest absolute Gasteiger partial charge is 0.191 e. The summed E-state index contributed by atoms with van der Waals surface area (Å²) in [6, 6.07) is 0. The van der Waals surface area contributed by atoms with Crippen molar-refractivity contribution in [1.82, 2.24) is 4.90 Å². The maximum atomic E-state index is 5.96. The summed E-state index contributed by atoms with van der Waals surface area (Å²) < 4.78 is 0. The molecule has 4 heteroatoms. The van der Waals surface area contributed by atoms with E-state index in [-0.39, 0.29) is 24.0 Å². The van der Waals surface area contributed by atoms with Crippen LogP contribution in [0.15, 0.2) is 4.99 Å². The molecule has 1 heterocycles. The molecule has 0 radical (unpaired) electrons. The summed E-state index contributed by atoms with van der Waals surface area (Å²) in [5.41, 5.74) is 5.96. The molecular weight excluding hydrogens is 313 g/mol. The summed E-state index contributed by atoms with van der Waals surface area (Å²) >= 11 is 0. The van der Waals surface area contributed by atoms with Crippen molar-refractivity contribution in [3.05, 3.63) is 0 Å². The molecule has 0 bridgehead atoms. The van der Waals surface area contributed by atoms with E-state index in [1.54, 1.807) is 0 Å². The first-order valence-electron chi connectivity index (χ1n) is 6.41. The number of likely N-dealkylation sites (tertiary alicyclic amines) is 1. The van der Waals surface area contributed by atoms with Crippen molar-refractivity contribution in [3.8, 4) is 0 Å². The van der Waals surface area contributed by atoms with Gasteiger partial charge in [-0.1, -0.05) is 12.8 Å². The third kappa shape index (κ3) is 4.89. The Morgan fingerprint density at radius 1 is 1.19 bits per heavy atom. The zero-order chi connectivity index (χ0) is 10.5. The first kappa shape index (κ1) is 14.1. The van der Waals surface area contributed by atoms with Gasteiger partial charge in [-0.15, -0.1) is 24.0 Å². The van der Waals surface area contributed by atoms with Gasteiger partial charge in [0.25, 0.3) is 0 Å². The molecular formula is C12H24IN3. The van der Waals surface area contributed by atoms with Crippen molar-refractivity contribution in [1.29, 1.82) is 0 Å². The van der Waals surface area contributed by atoms with Gasteiger partial charge in [0.2, 0.25) is 0 Å². The Morgan fingerprint density at radius 2 is 1.88 bits per heavy atom. The van der Waals surface area contributed by atoms with E-state index >= 15 is 0 Å². The van der Waals surface area contributed by atoms with Crippen LogP contribution in [0.2, 0.25) is 0 Å². The molecule has 1 saturated carbocycles. The van der Waals surface area contributed by atoms with Gasteiger partial charge in [0.1, 0.15) is 0 Å². The van der Waals surface area contributed by atoms with Gasteiger partial charge < -0.3 is 10.6 Å². The van der Waals surface area contributed by atoms with Crippen molar-refractivity contribution in [2.75, 3.05) is 19.6 Å². The lowest BCUT2D eigenvalue weighted by molar-refractivity contribution is 0.338. The summed E-state index contributed by atoms with van der Waals surface area (Å²) in [6.45, 7) is 3.15. The van der Waals surface area contributed by atoms with Crippen molar-refractivity contribution in [3.63, 3.8) is 0 Å². The number of aliphatic imine (C=N–C) groups is 1. The van der Waals surface area contributed by atoms with E-state index < -0.39 is 0 Å². The van der Waals surface area contributed by atoms with Gasteiger partial charge in [-0.05, 0) is 38.0 Å². The SMILES string of the molecule is I.NC(=NCCCC1CC1)N1CCCCC1. The molecule has 0 amide bonds. The molecule has 2 fully saturated rings. The van der Waals surface area contributed by atoms with Crippen LogP contribution in [-0.4, -0.2) is 30.5 Å². The summed E-state index contributed by atoms with van der Waals surface area (Å²) in [4.78, 5) is 6.70. The van der Waals surface area contributed by atoms with Gasteiger partial charge in [-0.25, -0.2) is 0 Å². The van der Waals surface area contributed by atoms with E-state index in [0.29, 0.717) is 0 Å². The molecule has 94 valence electrons. The monoisotopic (exact) mass is 337 g/mol. The molecule has 1 saturated heterocycles. The van der Waals surface area contributed by atoms with Crippen molar-refractivity contribution in [2.24, 2.45) is 16.6 Å². The van der Waals surface area contributed by atoms with E-state index in [9.17, 15) is 0 Å². The second-order valence-corrected chi connectivity index (χ2v) is 4.87. The van der Waals surface area contributed by atoms with Gasteiger partial charge in [-0.3, -0.25) is 4.99 Å². The number of piperidine rings is 1. The third-order valence-corrected chi connectivity index (χ3v) is 3.42. The third-order valence-electron chi connectivity index (χ3n) is 3.42. The molecule has 0 unspecified atom stereocenters. The lowest BCUT2D eigenvalue weighted by atomic mass is 10.1. The summed E-state index contributed by atoms with van der Waals surface area (Å²) in [5, 5.41) is 0. The molecule has 2 rings (SSSR count). The lowest BCUT2D eigenvalue weighted by Gasteiger charge is -2.27. The fraction of sp³-hybridized carbons (Fsp3) is 0.917. The molecule has 2 aliphatic rings. The van der Waals surface area contributed by atoms with E-state index in [1.807, 2.05) is 0 Å². The Morgan fingerprint density at radius 3 is 2.50 bits per heavy atom. The minimum atomic E-state index is 0. The fourth-order valence-corrected chi connectivity index (χ4v) is 2.20. The van der Waals surface area contributed by atoms with Crippen molar-refractivity contribution < 1.29 is 0 Å². The second kappa shape index (κ2) is 7.35. The average Bonchev–Trinajstić information content (AvgIpc) is 3.09. The Labute approximate surface area is 116 Å². The van der Waals surface area contributed by atoms with Crippen LogP contribution in [0.5, 0.6) is 0 Å². The molecule has 1 aliphatic carbocycles. The van der Waals surface area contributed by atoms with Crippen LogP contribution >= 0.6 is 24.0 Å². The highest BCUT2D eigenvalue weighted by atomic mass is 127. The maximum absolute atomic E-state index is 5.96. The van der Waals surface area contributed by atoms with Crippen LogP contribution in [0.4, 0.5) is 0 Å². The molecule has 0 atom stereocenters. The van der Waals surface area contributed by atoms with Crippen LogP contribution in [-0.2, 0) is 0 Å². The minimum absolute atomic E-state index is 0. The predicted molar refractivity (Wildman–Crippen MR) is 79.3 cm³/mol. The van der Waals surface area contributed by atoms with Gasteiger partial charge in [0.15, 0.2) is 5.96 Å². The summed E-state index contributed by atoms with van der Waals surface area (Å²) in [7, 11) is 0. The second-order valence-electron chi connectivity index (χ2n) is 4.87. The topological polar surface area (TPSA) is 41.6 Å².